The molecule has 0 unspecified atom stereocenters. The maximum atomic E-state index is 14.1. The lowest BCUT2D eigenvalue weighted by molar-refractivity contribution is 0.0661. The van der Waals surface area contributed by atoms with Crippen molar-refractivity contribution in [3.05, 3.63) is 106 Å². The van der Waals surface area contributed by atoms with Crippen LogP contribution in [0.4, 0.5) is 40.6 Å². The lowest BCUT2D eigenvalue weighted by Crippen LogP contribution is -2.47. The molecule has 11 nitrogen and oxygen atoms in total. The van der Waals surface area contributed by atoms with Gasteiger partial charge in [-0.15, -0.1) is 0 Å². The highest BCUT2D eigenvalue weighted by molar-refractivity contribution is 5.96. The number of hydrogen-bond acceptors (Lipinski definition) is 9. The van der Waals surface area contributed by atoms with E-state index in [4.69, 9.17) is 5.11 Å². The molecule has 5 heterocycles. The minimum Gasteiger partial charge on any atom is -0.478 e. The fourth-order valence-electron chi connectivity index (χ4n) is 6.01. The van der Waals surface area contributed by atoms with Gasteiger partial charge in [0.15, 0.2) is 0 Å². The molecule has 7 rings (SSSR count). The summed E-state index contributed by atoms with van der Waals surface area (Å²) in [4.78, 5) is 40.1. The van der Waals surface area contributed by atoms with E-state index in [-0.39, 0.29) is 35.7 Å². The number of pyridine rings is 2. The number of rotatable bonds is 6. The molecule has 1 saturated heterocycles. The van der Waals surface area contributed by atoms with Crippen molar-refractivity contribution in [2.45, 2.75) is 13.1 Å². The van der Waals surface area contributed by atoms with Crippen molar-refractivity contribution in [2.75, 3.05) is 79.8 Å². The first-order chi connectivity index (χ1) is 24.0. The van der Waals surface area contributed by atoms with E-state index in [1.807, 2.05) is 16.8 Å². The van der Waals surface area contributed by atoms with Crippen LogP contribution in [0.25, 0.3) is 0 Å². The number of anilines is 4. The summed E-state index contributed by atoms with van der Waals surface area (Å²) in [7, 11) is 2.04. The van der Waals surface area contributed by atoms with E-state index in [1.54, 1.807) is 17.2 Å². The number of carbonyl (C=O) groups excluding carboxylic acids is 1. The van der Waals surface area contributed by atoms with Crippen molar-refractivity contribution in [2.24, 2.45) is 0 Å². The molecule has 50 heavy (non-hydrogen) atoms. The molecule has 3 aliphatic rings. The van der Waals surface area contributed by atoms with Crippen LogP contribution in [0, 0.1) is 23.3 Å². The number of halogens is 4. The minimum atomic E-state index is -1.09. The second-order valence-electron chi connectivity index (χ2n) is 12.3. The first-order valence-corrected chi connectivity index (χ1v) is 16.1. The van der Waals surface area contributed by atoms with Crippen LogP contribution in [0.15, 0.2) is 60.9 Å². The maximum Gasteiger partial charge on any atom is 0.337 e. The number of benzene rings is 2. The van der Waals surface area contributed by atoms with Gasteiger partial charge in [0.25, 0.3) is 5.91 Å². The first kappa shape index (κ1) is 34.4. The highest BCUT2D eigenvalue weighted by Crippen LogP contribution is 2.31. The molecule has 0 saturated carbocycles. The molecule has 4 aromatic rings. The van der Waals surface area contributed by atoms with Crippen LogP contribution in [0.1, 0.15) is 31.8 Å². The number of piperazine rings is 1. The Morgan fingerprint density at radius 2 is 1.18 bits per heavy atom. The van der Waals surface area contributed by atoms with Crippen LogP contribution in [-0.2, 0) is 13.1 Å². The summed E-state index contributed by atoms with van der Waals surface area (Å²) in [5.41, 5.74) is 2.35. The third-order valence-corrected chi connectivity index (χ3v) is 8.79. The fourth-order valence-corrected chi connectivity index (χ4v) is 6.01. The summed E-state index contributed by atoms with van der Waals surface area (Å²) < 4.78 is 54.7. The van der Waals surface area contributed by atoms with E-state index in [0.29, 0.717) is 62.2 Å². The fraction of sp³-hybridized carbons (Fsp3) is 0.314. The number of carbonyl (C=O) groups is 2. The molecule has 2 aromatic heterocycles. The van der Waals surface area contributed by atoms with Crippen molar-refractivity contribution in [1.82, 2.24) is 19.8 Å². The number of nitrogens with zero attached hydrogens (tertiary/aromatic N) is 6. The Morgan fingerprint density at radius 3 is 1.68 bits per heavy atom. The van der Waals surface area contributed by atoms with Crippen molar-refractivity contribution < 1.29 is 32.3 Å². The van der Waals surface area contributed by atoms with Crippen molar-refractivity contribution in [3.63, 3.8) is 0 Å². The summed E-state index contributed by atoms with van der Waals surface area (Å²) in [5, 5.41) is 15.3. The first-order valence-electron chi connectivity index (χ1n) is 16.1. The molecule has 0 spiro atoms. The number of aromatic carboxylic acids is 1. The standard InChI is InChI=1S/C20H23F2N5O.C15H13F2N3O2/c1-25-6-8-26(9-7-25)20(28)14-11-18-19(24-12-14)23-4-5-27(18)13-15-10-16(21)2-3-17(15)22;16-11-1-2-12(17)10(5-11)8-20-4-3-18-14-13(20)6-9(7-19-14)15(21)22/h2-3,10-12H,4-9,13H2,1H3,(H,23,24);1-2,5-7H,3-4,8H2,(H,18,19)(H,21,22). The van der Waals surface area contributed by atoms with E-state index >= 15 is 0 Å². The molecule has 0 bridgehead atoms. The topological polar surface area (TPSA) is 117 Å². The summed E-state index contributed by atoms with van der Waals surface area (Å²) >= 11 is 0. The van der Waals surface area contributed by atoms with E-state index < -0.39 is 29.2 Å². The Bertz CT molecular complexity index is 1890. The predicted molar refractivity (Wildman–Crippen MR) is 181 cm³/mol. The Labute approximate surface area is 286 Å². The summed E-state index contributed by atoms with van der Waals surface area (Å²) in [5.74, 6) is -1.87. The van der Waals surface area contributed by atoms with E-state index in [2.05, 4.69) is 25.5 Å². The van der Waals surface area contributed by atoms with Gasteiger partial charge in [-0.3, -0.25) is 4.79 Å². The van der Waals surface area contributed by atoms with Gasteiger partial charge in [0, 0.05) is 89.0 Å². The van der Waals surface area contributed by atoms with Gasteiger partial charge in [-0.1, -0.05) is 0 Å². The third kappa shape index (κ3) is 7.88. The molecule has 0 aliphatic carbocycles. The highest BCUT2D eigenvalue weighted by atomic mass is 19.1. The maximum absolute atomic E-state index is 14.1. The van der Waals surface area contributed by atoms with Crippen LogP contribution >= 0.6 is 0 Å². The SMILES string of the molecule is CN1CCN(C(=O)c2cnc3c(c2)N(Cc2cc(F)ccc2F)CCN3)CC1.O=C(O)c1cnc2c(c1)N(Cc1cc(F)ccc1F)CCN2. The molecular weight excluding hydrogens is 656 g/mol. The van der Waals surface area contributed by atoms with Crippen molar-refractivity contribution in [1.29, 1.82) is 0 Å². The summed E-state index contributed by atoms with van der Waals surface area (Å²) in [6, 6.07) is 10.0. The molecule has 0 atom stereocenters. The Morgan fingerprint density at radius 1 is 0.700 bits per heavy atom. The lowest BCUT2D eigenvalue weighted by Gasteiger charge is -2.34. The van der Waals surface area contributed by atoms with E-state index in [1.165, 1.54) is 18.3 Å². The van der Waals surface area contributed by atoms with Gasteiger partial charge in [-0.25, -0.2) is 32.3 Å². The molecule has 2 aromatic carbocycles. The number of aromatic nitrogens is 2. The average molecular weight is 693 g/mol. The summed E-state index contributed by atoms with van der Waals surface area (Å²) in [6.07, 6.45) is 2.85. The second kappa shape index (κ2) is 15.0. The van der Waals surface area contributed by atoms with Gasteiger partial charge in [-0.05, 0) is 55.6 Å². The van der Waals surface area contributed by atoms with Gasteiger partial charge in [0.1, 0.15) is 34.9 Å². The van der Waals surface area contributed by atoms with E-state index in [9.17, 15) is 27.2 Å². The molecule has 3 N–H and O–H groups in total. The van der Waals surface area contributed by atoms with E-state index in [0.717, 1.165) is 49.1 Å². The molecule has 1 fully saturated rings. The number of likely N-dealkylation sites (N-methyl/N-ethyl adjacent to an activating group) is 1. The van der Waals surface area contributed by atoms with Crippen molar-refractivity contribution in [3.8, 4) is 0 Å². The van der Waals surface area contributed by atoms with Gasteiger partial charge in [0.05, 0.1) is 22.5 Å². The Balaban J connectivity index is 0.000000178. The van der Waals surface area contributed by atoms with Crippen LogP contribution < -0.4 is 20.4 Å². The molecule has 262 valence electrons. The molecular formula is C35H36F4N8O3. The number of carboxylic acid groups (broad SMARTS) is 1. The lowest BCUT2D eigenvalue weighted by atomic mass is 10.1. The highest BCUT2D eigenvalue weighted by Gasteiger charge is 2.25. The monoisotopic (exact) mass is 692 g/mol. The molecule has 3 aliphatic heterocycles. The normalized spacial score (nSPS) is 15.6. The van der Waals surface area contributed by atoms with Gasteiger partial charge in [-0.2, -0.15) is 0 Å². The van der Waals surface area contributed by atoms with Crippen LogP contribution in [0.3, 0.4) is 0 Å². The largest absolute Gasteiger partial charge is 0.478 e. The minimum absolute atomic E-state index is 0.0483. The number of carboxylic acids is 1. The molecule has 1 amide bonds. The number of fused-ring (bicyclic) bond motifs is 2. The Kier molecular flexibility index (Phi) is 10.3. The zero-order valence-electron chi connectivity index (χ0n) is 27.3. The second-order valence-corrected chi connectivity index (χ2v) is 12.3. The number of nitrogens with one attached hydrogen (secondary N) is 2. The van der Waals surface area contributed by atoms with Gasteiger partial charge in [0.2, 0.25) is 0 Å². The quantitative estimate of drug-likeness (QED) is 0.246. The van der Waals surface area contributed by atoms with Crippen LogP contribution in [0.2, 0.25) is 0 Å². The zero-order chi connectivity index (χ0) is 35.4. The van der Waals surface area contributed by atoms with Crippen LogP contribution in [-0.4, -0.2) is 96.2 Å². The Hall–Kier alpha value is -5.44. The average Bonchev–Trinajstić information content (AvgIpc) is 3.11. The number of hydrogen-bond donors (Lipinski definition) is 3. The zero-order valence-corrected chi connectivity index (χ0v) is 27.3. The van der Waals surface area contributed by atoms with Gasteiger partial charge < -0.3 is 35.3 Å². The van der Waals surface area contributed by atoms with Crippen LogP contribution in [0.5, 0.6) is 0 Å². The third-order valence-electron chi connectivity index (χ3n) is 8.79. The predicted octanol–water partition coefficient (Wildman–Crippen LogP) is 4.67. The smallest absolute Gasteiger partial charge is 0.337 e. The van der Waals surface area contributed by atoms with Crippen molar-refractivity contribution >= 4 is 34.9 Å². The van der Waals surface area contributed by atoms with Gasteiger partial charge >= 0.3 is 5.97 Å². The molecule has 0 radical (unpaired) electrons. The number of amides is 1. The molecule has 15 heteroatoms. The summed E-state index contributed by atoms with van der Waals surface area (Å²) in [6.45, 7) is 5.78.